The van der Waals surface area contributed by atoms with E-state index in [1.807, 2.05) is 6.92 Å². The first-order valence-corrected chi connectivity index (χ1v) is 8.19. The molecular formula is C16H23NO4. The highest BCUT2D eigenvalue weighted by atomic mass is 16.6. The zero-order valence-corrected chi connectivity index (χ0v) is 12.6. The summed E-state index contributed by atoms with van der Waals surface area (Å²) in [6.45, 7) is 3.72. The van der Waals surface area contributed by atoms with Crippen molar-refractivity contribution in [3.05, 3.63) is 0 Å². The van der Waals surface area contributed by atoms with Crippen LogP contribution in [0.15, 0.2) is 0 Å². The number of hydrogen-bond acceptors (Lipinski definition) is 4. The van der Waals surface area contributed by atoms with Crippen molar-refractivity contribution >= 4 is 11.9 Å². The number of fused-ring (bicyclic) bond motifs is 2. The lowest BCUT2D eigenvalue weighted by Crippen LogP contribution is -2.80. The van der Waals surface area contributed by atoms with Crippen LogP contribution in [0.2, 0.25) is 0 Å². The summed E-state index contributed by atoms with van der Waals surface area (Å²) in [5.74, 6) is 0.391. The van der Waals surface area contributed by atoms with E-state index in [0.717, 1.165) is 25.2 Å². The van der Waals surface area contributed by atoms with Crippen molar-refractivity contribution in [1.29, 1.82) is 0 Å². The Morgan fingerprint density at radius 1 is 1.43 bits per heavy atom. The molecule has 5 heteroatoms. The van der Waals surface area contributed by atoms with Gasteiger partial charge < -0.3 is 15.2 Å². The van der Waals surface area contributed by atoms with E-state index in [2.05, 4.69) is 5.32 Å². The molecule has 116 valence electrons. The zero-order valence-electron chi connectivity index (χ0n) is 12.6. The first-order chi connectivity index (χ1) is 9.95. The van der Waals surface area contributed by atoms with Gasteiger partial charge in [0.25, 0.3) is 0 Å². The van der Waals surface area contributed by atoms with Crippen LogP contribution in [0.3, 0.4) is 0 Å². The molecule has 4 aliphatic rings. The molecule has 4 fully saturated rings. The molecule has 7 atom stereocenters. The third-order valence-corrected chi connectivity index (χ3v) is 6.61. The van der Waals surface area contributed by atoms with Crippen molar-refractivity contribution in [2.24, 2.45) is 23.7 Å². The number of nitrogens with one attached hydrogen (secondary N) is 1. The van der Waals surface area contributed by atoms with Gasteiger partial charge in [-0.3, -0.25) is 4.79 Å². The number of rotatable bonds is 3. The third kappa shape index (κ3) is 1.41. The van der Waals surface area contributed by atoms with E-state index >= 15 is 0 Å². The Bertz CT molecular complexity index is 520. The zero-order chi connectivity index (χ0) is 15.0. The van der Waals surface area contributed by atoms with Crippen LogP contribution in [-0.4, -0.2) is 34.2 Å². The largest absolute Gasteiger partial charge is 0.453 e. The van der Waals surface area contributed by atoms with Gasteiger partial charge in [-0.2, -0.15) is 0 Å². The maximum atomic E-state index is 12.3. The summed E-state index contributed by atoms with van der Waals surface area (Å²) in [4.78, 5) is 24.5. The van der Waals surface area contributed by atoms with Crippen molar-refractivity contribution in [3.8, 4) is 0 Å². The highest BCUT2D eigenvalue weighted by Crippen LogP contribution is 2.59. The van der Waals surface area contributed by atoms with Crippen LogP contribution < -0.4 is 5.32 Å². The molecule has 0 bridgehead atoms. The standard InChI is InChI=1S/C16H23NO4/c1-3-11-13(19)17-16(14(20)21-15(11,16)2)12(18)9-6-4-5-8-7-10(8)9/h8-12,18H,3-7H2,1-2H3,(H,17,19). The summed E-state index contributed by atoms with van der Waals surface area (Å²) in [5.41, 5.74) is -2.10. The van der Waals surface area contributed by atoms with Crippen molar-refractivity contribution in [1.82, 2.24) is 5.32 Å². The van der Waals surface area contributed by atoms with Crippen LogP contribution in [0.5, 0.6) is 0 Å². The average Bonchev–Trinajstić information content (AvgIpc) is 3.20. The van der Waals surface area contributed by atoms with Crippen molar-refractivity contribution in [2.75, 3.05) is 0 Å². The molecule has 2 aliphatic heterocycles. The Morgan fingerprint density at radius 2 is 2.19 bits per heavy atom. The molecule has 2 saturated carbocycles. The topological polar surface area (TPSA) is 75.6 Å². The monoisotopic (exact) mass is 293 g/mol. The molecular weight excluding hydrogens is 270 g/mol. The van der Waals surface area contributed by atoms with Crippen LogP contribution in [0.25, 0.3) is 0 Å². The van der Waals surface area contributed by atoms with Gasteiger partial charge in [0.05, 0.1) is 12.0 Å². The molecule has 2 heterocycles. The highest BCUT2D eigenvalue weighted by molar-refractivity contribution is 6.01. The number of hydrogen-bond donors (Lipinski definition) is 2. The highest BCUT2D eigenvalue weighted by Gasteiger charge is 2.79. The van der Waals surface area contributed by atoms with Crippen molar-refractivity contribution in [2.45, 2.75) is 63.2 Å². The summed E-state index contributed by atoms with van der Waals surface area (Å²) in [6, 6.07) is 0. The van der Waals surface area contributed by atoms with E-state index in [4.69, 9.17) is 4.74 Å². The van der Waals surface area contributed by atoms with Gasteiger partial charge in [-0.1, -0.05) is 19.8 Å². The minimum Gasteiger partial charge on any atom is -0.453 e. The van der Waals surface area contributed by atoms with Crippen LogP contribution >= 0.6 is 0 Å². The molecule has 7 unspecified atom stereocenters. The predicted molar refractivity (Wildman–Crippen MR) is 74.1 cm³/mol. The van der Waals surface area contributed by atoms with Gasteiger partial charge in [-0.15, -0.1) is 0 Å². The summed E-state index contributed by atoms with van der Waals surface area (Å²) in [6.07, 6.45) is 4.25. The Hall–Kier alpha value is -1.10. The summed E-state index contributed by atoms with van der Waals surface area (Å²) in [5, 5.41) is 13.8. The lowest BCUT2D eigenvalue weighted by atomic mass is 9.63. The van der Waals surface area contributed by atoms with Crippen LogP contribution in [0.1, 0.15) is 46.0 Å². The minimum absolute atomic E-state index is 0.117. The fraction of sp³-hybridized carbons (Fsp3) is 0.875. The lowest BCUT2D eigenvalue weighted by Gasteiger charge is -2.55. The Kier molecular flexibility index (Phi) is 2.58. The number of carbonyl (C=O) groups excluding carboxylic acids is 2. The maximum absolute atomic E-state index is 12.3. The first-order valence-electron chi connectivity index (χ1n) is 8.19. The predicted octanol–water partition coefficient (Wildman–Crippen LogP) is 0.994. The lowest BCUT2D eigenvalue weighted by molar-refractivity contribution is -0.240. The number of carbonyl (C=O) groups is 2. The van der Waals surface area contributed by atoms with E-state index in [1.165, 1.54) is 6.42 Å². The van der Waals surface area contributed by atoms with E-state index in [1.54, 1.807) is 6.92 Å². The molecule has 0 aromatic rings. The van der Waals surface area contributed by atoms with E-state index in [9.17, 15) is 14.7 Å². The Morgan fingerprint density at radius 3 is 2.86 bits per heavy atom. The molecule has 5 nitrogen and oxygen atoms in total. The Balaban J connectivity index is 1.68. The van der Waals surface area contributed by atoms with Gasteiger partial charge in [0.1, 0.15) is 0 Å². The van der Waals surface area contributed by atoms with Gasteiger partial charge in [-0.05, 0) is 43.9 Å². The summed E-state index contributed by atoms with van der Waals surface area (Å²) in [7, 11) is 0. The second-order valence-electron chi connectivity index (χ2n) is 7.45. The third-order valence-electron chi connectivity index (χ3n) is 6.61. The summed E-state index contributed by atoms with van der Waals surface area (Å²) >= 11 is 0. The smallest absolute Gasteiger partial charge is 0.339 e. The van der Waals surface area contributed by atoms with E-state index in [0.29, 0.717) is 12.3 Å². The fourth-order valence-electron chi connectivity index (χ4n) is 5.30. The molecule has 21 heavy (non-hydrogen) atoms. The molecule has 2 N–H and O–H groups in total. The van der Waals surface area contributed by atoms with E-state index in [-0.39, 0.29) is 17.7 Å². The number of aliphatic hydroxyl groups excluding tert-OH is 1. The van der Waals surface area contributed by atoms with Crippen molar-refractivity contribution in [3.63, 3.8) is 0 Å². The minimum atomic E-state index is -1.21. The molecule has 0 aromatic heterocycles. The molecule has 0 spiro atoms. The number of amides is 1. The molecule has 2 saturated heterocycles. The van der Waals surface area contributed by atoms with Crippen LogP contribution in [0, 0.1) is 23.7 Å². The molecule has 0 aromatic carbocycles. The van der Waals surface area contributed by atoms with Crippen LogP contribution in [0.4, 0.5) is 0 Å². The Labute approximate surface area is 124 Å². The number of aliphatic hydroxyl groups is 1. The SMILES string of the molecule is CCC1C(=O)NC2(C(O)C3CCCC4CC43)C(=O)OC12C. The second kappa shape index (κ2) is 4.00. The normalized spacial score (nSPS) is 52.1. The van der Waals surface area contributed by atoms with Gasteiger partial charge in [0, 0.05) is 0 Å². The number of ether oxygens (including phenoxy) is 1. The fourth-order valence-corrected chi connectivity index (χ4v) is 5.30. The number of esters is 1. The molecule has 1 amide bonds. The van der Waals surface area contributed by atoms with Gasteiger partial charge in [0.2, 0.25) is 11.4 Å². The molecule has 0 radical (unpaired) electrons. The molecule has 2 aliphatic carbocycles. The first kappa shape index (κ1) is 13.6. The molecule has 4 rings (SSSR count). The maximum Gasteiger partial charge on any atom is 0.339 e. The quantitative estimate of drug-likeness (QED) is 0.761. The van der Waals surface area contributed by atoms with Gasteiger partial charge >= 0.3 is 5.97 Å². The van der Waals surface area contributed by atoms with Crippen molar-refractivity contribution < 1.29 is 19.4 Å². The average molecular weight is 293 g/mol. The van der Waals surface area contributed by atoms with Gasteiger partial charge in [-0.25, -0.2) is 4.79 Å². The second-order valence-corrected chi connectivity index (χ2v) is 7.45. The van der Waals surface area contributed by atoms with Crippen LogP contribution in [-0.2, 0) is 14.3 Å². The van der Waals surface area contributed by atoms with Gasteiger partial charge in [0.15, 0.2) is 5.60 Å². The summed E-state index contributed by atoms with van der Waals surface area (Å²) < 4.78 is 5.41. The van der Waals surface area contributed by atoms with E-state index < -0.39 is 23.2 Å².